The fourth-order valence-corrected chi connectivity index (χ4v) is 1.88. The second-order valence-electron chi connectivity index (χ2n) is 6.80. The molecule has 0 heterocycles. The highest BCUT2D eigenvalue weighted by Gasteiger charge is 2.14. The zero-order chi connectivity index (χ0) is 18.0. The standard InChI is InChI=1S/C19H30N2O3/c1-15(2)23-17-10-8-16(9-11-17)14-20-12-6-7-13-21-18(22)24-19(3,4)5/h6-11,15,20H,12-14H2,1-5H3,(H,21,22)/b7-6+. The Morgan fingerprint density at radius 3 is 2.33 bits per heavy atom. The second kappa shape index (κ2) is 9.98. The molecule has 0 fully saturated rings. The van der Waals surface area contributed by atoms with Gasteiger partial charge in [0, 0.05) is 19.6 Å². The molecule has 0 saturated carbocycles. The van der Waals surface area contributed by atoms with Crippen molar-refractivity contribution in [1.29, 1.82) is 0 Å². The SMILES string of the molecule is CC(C)Oc1ccc(CNC/C=C/CNC(=O)OC(C)(C)C)cc1. The first kappa shape index (κ1) is 20.0. The number of hydrogen-bond donors (Lipinski definition) is 2. The molecule has 2 N–H and O–H groups in total. The van der Waals surface area contributed by atoms with Crippen molar-refractivity contribution in [2.45, 2.75) is 52.9 Å². The van der Waals surface area contributed by atoms with Crippen molar-refractivity contribution in [1.82, 2.24) is 10.6 Å². The minimum absolute atomic E-state index is 0.188. The molecule has 0 atom stereocenters. The Bertz CT molecular complexity index is 516. The Kier molecular flexibility index (Phi) is 8.33. The van der Waals surface area contributed by atoms with Crippen LogP contribution < -0.4 is 15.4 Å². The van der Waals surface area contributed by atoms with Gasteiger partial charge in [0.1, 0.15) is 11.4 Å². The molecule has 1 amide bonds. The lowest BCUT2D eigenvalue weighted by atomic mass is 10.2. The third kappa shape index (κ3) is 9.90. The summed E-state index contributed by atoms with van der Waals surface area (Å²) in [5.41, 5.74) is 0.733. The van der Waals surface area contributed by atoms with Crippen LogP contribution in [0.3, 0.4) is 0 Å². The number of alkyl carbamates (subject to hydrolysis) is 1. The Labute approximate surface area is 145 Å². The van der Waals surface area contributed by atoms with E-state index < -0.39 is 11.7 Å². The van der Waals surface area contributed by atoms with Crippen LogP contribution in [0.25, 0.3) is 0 Å². The van der Waals surface area contributed by atoms with Crippen molar-refractivity contribution < 1.29 is 14.3 Å². The highest BCUT2D eigenvalue weighted by molar-refractivity contribution is 5.67. The minimum Gasteiger partial charge on any atom is -0.491 e. The van der Waals surface area contributed by atoms with E-state index in [9.17, 15) is 4.79 Å². The highest BCUT2D eigenvalue weighted by atomic mass is 16.6. The fourth-order valence-electron chi connectivity index (χ4n) is 1.88. The van der Waals surface area contributed by atoms with E-state index >= 15 is 0 Å². The number of carbonyl (C=O) groups is 1. The lowest BCUT2D eigenvalue weighted by molar-refractivity contribution is 0.0534. The molecule has 0 unspecified atom stereocenters. The summed E-state index contributed by atoms with van der Waals surface area (Å²) in [5.74, 6) is 0.891. The molecule has 1 aromatic rings. The van der Waals surface area contributed by atoms with Gasteiger partial charge in [-0.25, -0.2) is 4.79 Å². The molecule has 0 aliphatic rings. The quantitative estimate of drug-likeness (QED) is 0.563. The smallest absolute Gasteiger partial charge is 0.407 e. The van der Waals surface area contributed by atoms with Crippen molar-refractivity contribution in [3.63, 3.8) is 0 Å². The van der Waals surface area contributed by atoms with Gasteiger partial charge in [-0.3, -0.25) is 0 Å². The predicted octanol–water partition coefficient (Wildman–Crippen LogP) is 3.64. The molecule has 0 radical (unpaired) electrons. The average molecular weight is 334 g/mol. The van der Waals surface area contributed by atoms with Crippen molar-refractivity contribution >= 4 is 6.09 Å². The van der Waals surface area contributed by atoms with Gasteiger partial charge in [0.15, 0.2) is 0 Å². The number of hydrogen-bond acceptors (Lipinski definition) is 4. The number of ether oxygens (including phenoxy) is 2. The van der Waals surface area contributed by atoms with Crippen LogP contribution in [0.5, 0.6) is 5.75 Å². The van der Waals surface area contributed by atoms with Gasteiger partial charge in [-0.1, -0.05) is 24.3 Å². The summed E-state index contributed by atoms with van der Waals surface area (Å²) >= 11 is 0. The average Bonchev–Trinajstić information content (AvgIpc) is 2.45. The van der Waals surface area contributed by atoms with Gasteiger partial charge >= 0.3 is 6.09 Å². The predicted molar refractivity (Wildman–Crippen MR) is 97.3 cm³/mol. The van der Waals surface area contributed by atoms with Crippen LogP contribution in [0.1, 0.15) is 40.2 Å². The monoisotopic (exact) mass is 334 g/mol. The molecular weight excluding hydrogens is 304 g/mol. The van der Waals surface area contributed by atoms with Crippen LogP contribution in [0.15, 0.2) is 36.4 Å². The Balaban J connectivity index is 2.16. The van der Waals surface area contributed by atoms with Gasteiger partial charge < -0.3 is 20.1 Å². The van der Waals surface area contributed by atoms with Crippen molar-refractivity contribution in [2.24, 2.45) is 0 Å². The summed E-state index contributed by atoms with van der Waals surface area (Å²) in [6, 6.07) is 8.08. The van der Waals surface area contributed by atoms with Gasteiger partial charge in [0.2, 0.25) is 0 Å². The van der Waals surface area contributed by atoms with Gasteiger partial charge in [0.25, 0.3) is 0 Å². The summed E-state index contributed by atoms with van der Waals surface area (Å²) in [4.78, 5) is 11.4. The summed E-state index contributed by atoms with van der Waals surface area (Å²) in [6.45, 7) is 11.5. The number of benzene rings is 1. The van der Waals surface area contributed by atoms with Gasteiger partial charge in [-0.15, -0.1) is 0 Å². The van der Waals surface area contributed by atoms with E-state index in [1.807, 2.05) is 58.9 Å². The maximum atomic E-state index is 11.4. The third-order valence-corrected chi connectivity index (χ3v) is 2.82. The van der Waals surface area contributed by atoms with Gasteiger partial charge in [0.05, 0.1) is 6.10 Å². The molecular formula is C19H30N2O3. The van der Waals surface area contributed by atoms with Crippen LogP contribution in [-0.4, -0.2) is 30.9 Å². The first-order valence-electron chi connectivity index (χ1n) is 8.34. The maximum absolute atomic E-state index is 11.4. The molecule has 0 aromatic heterocycles. The summed E-state index contributed by atoms with van der Waals surface area (Å²) < 4.78 is 10.8. The van der Waals surface area contributed by atoms with Gasteiger partial charge in [-0.05, 0) is 52.3 Å². The van der Waals surface area contributed by atoms with E-state index in [4.69, 9.17) is 9.47 Å². The van der Waals surface area contributed by atoms with Crippen LogP contribution in [-0.2, 0) is 11.3 Å². The molecule has 24 heavy (non-hydrogen) atoms. The Morgan fingerprint density at radius 1 is 1.12 bits per heavy atom. The molecule has 5 nitrogen and oxygen atoms in total. The first-order chi connectivity index (χ1) is 11.3. The first-order valence-corrected chi connectivity index (χ1v) is 8.34. The van der Waals surface area contributed by atoms with Crippen LogP contribution in [0, 0.1) is 0 Å². The number of nitrogens with one attached hydrogen (secondary N) is 2. The molecule has 0 bridgehead atoms. The van der Waals surface area contributed by atoms with Crippen molar-refractivity contribution in [3.8, 4) is 5.75 Å². The van der Waals surface area contributed by atoms with E-state index in [1.165, 1.54) is 5.56 Å². The minimum atomic E-state index is -0.467. The Hall–Kier alpha value is -2.01. The number of amides is 1. The summed E-state index contributed by atoms with van der Waals surface area (Å²) in [7, 11) is 0. The molecule has 0 aliphatic heterocycles. The Morgan fingerprint density at radius 2 is 1.75 bits per heavy atom. The van der Waals surface area contributed by atoms with E-state index in [0.29, 0.717) is 6.54 Å². The van der Waals surface area contributed by atoms with Crippen LogP contribution >= 0.6 is 0 Å². The largest absolute Gasteiger partial charge is 0.491 e. The van der Waals surface area contributed by atoms with Crippen LogP contribution in [0.4, 0.5) is 4.79 Å². The second-order valence-corrected chi connectivity index (χ2v) is 6.80. The zero-order valence-electron chi connectivity index (χ0n) is 15.4. The lowest BCUT2D eigenvalue weighted by Crippen LogP contribution is -2.32. The molecule has 5 heteroatoms. The summed E-state index contributed by atoms with van der Waals surface area (Å²) in [6.07, 6.45) is 3.67. The number of rotatable bonds is 8. The normalized spacial score (nSPS) is 11.8. The molecule has 1 rings (SSSR count). The van der Waals surface area contributed by atoms with E-state index in [2.05, 4.69) is 22.8 Å². The van der Waals surface area contributed by atoms with Crippen molar-refractivity contribution in [2.75, 3.05) is 13.1 Å². The topological polar surface area (TPSA) is 59.6 Å². The highest BCUT2D eigenvalue weighted by Crippen LogP contribution is 2.13. The fraction of sp³-hybridized carbons (Fsp3) is 0.526. The van der Waals surface area contributed by atoms with Crippen LogP contribution in [0.2, 0.25) is 0 Å². The van der Waals surface area contributed by atoms with E-state index in [0.717, 1.165) is 18.8 Å². The van der Waals surface area contributed by atoms with Gasteiger partial charge in [-0.2, -0.15) is 0 Å². The number of carbonyl (C=O) groups excluding carboxylic acids is 1. The zero-order valence-corrected chi connectivity index (χ0v) is 15.4. The molecule has 0 aliphatic carbocycles. The van der Waals surface area contributed by atoms with Crippen molar-refractivity contribution in [3.05, 3.63) is 42.0 Å². The molecule has 0 saturated heterocycles. The summed E-state index contributed by atoms with van der Waals surface area (Å²) in [5, 5.41) is 6.00. The van der Waals surface area contributed by atoms with E-state index in [1.54, 1.807) is 0 Å². The van der Waals surface area contributed by atoms with E-state index in [-0.39, 0.29) is 6.10 Å². The molecule has 0 spiro atoms. The third-order valence-electron chi connectivity index (χ3n) is 2.82. The lowest BCUT2D eigenvalue weighted by Gasteiger charge is -2.19. The molecule has 134 valence electrons. The maximum Gasteiger partial charge on any atom is 0.407 e. The molecule has 1 aromatic carbocycles.